The molecule has 0 saturated carbocycles. The highest BCUT2D eigenvalue weighted by Gasteiger charge is 2.49. The molecule has 1 aromatic carbocycles. The molecular formula is C19H22N2O2. The predicted octanol–water partition coefficient (Wildman–Crippen LogP) is 2.61. The Bertz CT molecular complexity index is 647. The second-order valence-electron chi connectivity index (χ2n) is 7.14. The molecule has 4 rings (SSSR count). The van der Waals surface area contributed by atoms with Gasteiger partial charge in [0.25, 0.3) is 0 Å². The summed E-state index contributed by atoms with van der Waals surface area (Å²) in [6, 6.07) is 9.86. The number of hydrogen-bond acceptors (Lipinski definition) is 2. The smallest absolute Gasteiger partial charge is 0.227 e. The minimum absolute atomic E-state index is 0.0470. The second kappa shape index (κ2) is 5.52. The topological polar surface area (TPSA) is 40.6 Å². The van der Waals surface area contributed by atoms with Crippen molar-refractivity contribution in [1.82, 2.24) is 4.90 Å². The highest BCUT2D eigenvalue weighted by Crippen LogP contribution is 2.42. The number of nitrogens with zero attached hydrogens (tertiary/aromatic N) is 2. The van der Waals surface area contributed by atoms with Crippen LogP contribution in [0.4, 0.5) is 5.69 Å². The zero-order valence-electron chi connectivity index (χ0n) is 13.3. The van der Waals surface area contributed by atoms with E-state index in [2.05, 4.69) is 12.2 Å². The predicted molar refractivity (Wildman–Crippen MR) is 88.9 cm³/mol. The number of rotatable bonds is 2. The molecule has 2 fully saturated rings. The van der Waals surface area contributed by atoms with Crippen LogP contribution in [-0.4, -0.2) is 36.3 Å². The van der Waals surface area contributed by atoms with Crippen molar-refractivity contribution in [3.63, 3.8) is 0 Å². The third kappa shape index (κ3) is 2.56. The molecule has 1 spiro atoms. The lowest BCUT2D eigenvalue weighted by Crippen LogP contribution is -2.36. The summed E-state index contributed by atoms with van der Waals surface area (Å²) in [5.74, 6) is 0.595. The van der Waals surface area contributed by atoms with Crippen LogP contribution >= 0.6 is 0 Å². The van der Waals surface area contributed by atoms with Gasteiger partial charge in [-0.15, -0.1) is 0 Å². The Morgan fingerprint density at radius 3 is 2.57 bits per heavy atom. The molecule has 2 amide bonds. The molecule has 1 atom stereocenters. The molecule has 2 aliphatic heterocycles. The molecular weight excluding hydrogens is 288 g/mol. The average Bonchev–Trinajstić information content (AvgIpc) is 3.29. The number of allylic oxidation sites excluding steroid dienone is 2. The van der Waals surface area contributed by atoms with Crippen molar-refractivity contribution in [2.45, 2.75) is 25.7 Å². The molecule has 1 aliphatic carbocycles. The van der Waals surface area contributed by atoms with Gasteiger partial charge < -0.3 is 9.80 Å². The van der Waals surface area contributed by atoms with Crippen LogP contribution < -0.4 is 4.90 Å². The van der Waals surface area contributed by atoms with E-state index in [1.54, 1.807) is 0 Å². The van der Waals surface area contributed by atoms with Gasteiger partial charge in [-0.1, -0.05) is 30.4 Å². The van der Waals surface area contributed by atoms with Gasteiger partial charge in [-0.05, 0) is 31.4 Å². The Morgan fingerprint density at radius 1 is 1.09 bits per heavy atom. The molecule has 4 heteroatoms. The van der Waals surface area contributed by atoms with Crippen molar-refractivity contribution in [2.75, 3.05) is 24.5 Å². The second-order valence-corrected chi connectivity index (χ2v) is 7.14. The van der Waals surface area contributed by atoms with E-state index in [0.29, 0.717) is 6.42 Å². The molecule has 2 saturated heterocycles. The number of carbonyl (C=O) groups excluding carboxylic acids is 2. The van der Waals surface area contributed by atoms with Crippen LogP contribution in [0.2, 0.25) is 0 Å². The quantitative estimate of drug-likeness (QED) is 0.788. The molecule has 0 aromatic heterocycles. The van der Waals surface area contributed by atoms with Crippen LogP contribution in [0.15, 0.2) is 42.5 Å². The van der Waals surface area contributed by atoms with Gasteiger partial charge in [0.2, 0.25) is 11.8 Å². The summed E-state index contributed by atoms with van der Waals surface area (Å²) in [4.78, 5) is 29.0. The summed E-state index contributed by atoms with van der Waals surface area (Å²) in [5.41, 5.74) is 0.924. The van der Waals surface area contributed by atoms with E-state index in [9.17, 15) is 9.59 Å². The minimum Gasteiger partial charge on any atom is -0.342 e. The SMILES string of the molecule is O=C(C1CC=CC1)N1CCC2(CC(=O)N(c3ccccc3)C2)C1. The maximum atomic E-state index is 12.6. The summed E-state index contributed by atoms with van der Waals surface area (Å²) in [6.45, 7) is 2.27. The van der Waals surface area contributed by atoms with E-state index >= 15 is 0 Å². The Balaban J connectivity index is 1.46. The Kier molecular flexibility index (Phi) is 3.47. The molecule has 0 N–H and O–H groups in total. The van der Waals surface area contributed by atoms with E-state index in [1.165, 1.54) is 0 Å². The van der Waals surface area contributed by atoms with Gasteiger partial charge in [0, 0.05) is 43.1 Å². The third-order valence-electron chi connectivity index (χ3n) is 5.50. The summed E-state index contributed by atoms with van der Waals surface area (Å²) < 4.78 is 0. The van der Waals surface area contributed by atoms with Crippen LogP contribution in [0.1, 0.15) is 25.7 Å². The van der Waals surface area contributed by atoms with Crippen LogP contribution in [0.25, 0.3) is 0 Å². The zero-order chi connectivity index (χ0) is 15.9. The number of likely N-dealkylation sites (tertiary alicyclic amines) is 1. The lowest BCUT2D eigenvalue weighted by Gasteiger charge is -2.25. The molecule has 1 unspecified atom stereocenters. The molecule has 120 valence electrons. The van der Waals surface area contributed by atoms with Gasteiger partial charge >= 0.3 is 0 Å². The standard InChI is InChI=1S/C19H22N2O2/c22-17-12-19(14-21(17)16-8-2-1-3-9-16)10-11-20(13-19)18(23)15-6-4-5-7-15/h1-5,8-9,15H,6-7,10-14H2. The fraction of sp³-hybridized carbons (Fsp3) is 0.474. The van der Waals surface area contributed by atoms with Crippen molar-refractivity contribution >= 4 is 17.5 Å². The van der Waals surface area contributed by atoms with E-state index in [4.69, 9.17) is 0 Å². The van der Waals surface area contributed by atoms with Crippen molar-refractivity contribution in [2.24, 2.45) is 11.3 Å². The van der Waals surface area contributed by atoms with E-state index in [1.807, 2.05) is 40.1 Å². The molecule has 2 heterocycles. The largest absolute Gasteiger partial charge is 0.342 e. The maximum Gasteiger partial charge on any atom is 0.227 e. The van der Waals surface area contributed by atoms with Crippen molar-refractivity contribution in [3.8, 4) is 0 Å². The molecule has 0 bridgehead atoms. The minimum atomic E-state index is -0.0470. The zero-order valence-corrected chi connectivity index (χ0v) is 13.3. The number of para-hydroxylation sites is 1. The fourth-order valence-electron chi connectivity index (χ4n) is 4.21. The molecule has 23 heavy (non-hydrogen) atoms. The lowest BCUT2D eigenvalue weighted by atomic mass is 9.86. The van der Waals surface area contributed by atoms with Crippen LogP contribution in [0, 0.1) is 11.3 Å². The van der Waals surface area contributed by atoms with Crippen LogP contribution in [0.5, 0.6) is 0 Å². The molecule has 1 aromatic rings. The van der Waals surface area contributed by atoms with Crippen molar-refractivity contribution in [3.05, 3.63) is 42.5 Å². The van der Waals surface area contributed by atoms with Crippen molar-refractivity contribution in [1.29, 1.82) is 0 Å². The Labute approximate surface area is 136 Å². The third-order valence-corrected chi connectivity index (χ3v) is 5.50. The number of carbonyl (C=O) groups is 2. The van der Waals surface area contributed by atoms with Crippen molar-refractivity contribution < 1.29 is 9.59 Å². The molecule has 3 aliphatic rings. The normalized spacial score (nSPS) is 27.6. The van der Waals surface area contributed by atoms with Gasteiger partial charge in [0.05, 0.1) is 0 Å². The van der Waals surface area contributed by atoms with Gasteiger partial charge in [0.1, 0.15) is 0 Å². The van der Waals surface area contributed by atoms with Gasteiger partial charge in [-0.2, -0.15) is 0 Å². The van der Waals surface area contributed by atoms with E-state index < -0.39 is 0 Å². The number of amides is 2. The van der Waals surface area contributed by atoms with Crippen LogP contribution in [0.3, 0.4) is 0 Å². The monoisotopic (exact) mass is 310 g/mol. The summed E-state index contributed by atoms with van der Waals surface area (Å²) in [7, 11) is 0. The number of benzene rings is 1. The molecule has 0 radical (unpaired) electrons. The number of anilines is 1. The summed E-state index contributed by atoms with van der Waals surface area (Å²) >= 11 is 0. The molecule has 4 nitrogen and oxygen atoms in total. The first-order valence-electron chi connectivity index (χ1n) is 8.46. The number of hydrogen-bond donors (Lipinski definition) is 0. The highest BCUT2D eigenvalue weighted by atomic mass is 16.2. The summed E-state index contributed by atoms with van der Waals surface area (Å²) in [5, 5.41) is 0. The summed E-state index contributed by atoms with van der Waals surface area (Å²) in [6.07, 6.45) is 7.45. The Morgan fingerprint density at radius 2 is 1.83 bits per heavy atom. The first kappa shape index (κ1) is 14.5. The highest BCUT2D eigenvalue weighted by molar-refractivity contribution is 5.96. The lowest BCUT2D eigenvalue weighted by molar-refractivity contribution is -0.134. The average molecular weight is 310 g/mol. The maximum absolute atomic E-state index is 12.6. The van der Waals surface area contributed by atoms with Gasteiger partial charge in [-0.25, -0.2) is 0 Å². The van der Waals surface area contributed by atoms with E-state index in [0.717, 1.165) is 44.6 Å². The van der Waals surface area contributed by atoms with Gasteiger partial charge in [0.15, 0.2) is 0 Å². The fourth-order valence-corrected chi connectivity index (χ4v) is 4.21. The van der Waals surface area contributed by atoms with Crippen LogP contribution in [-0.2, 0) is 9.59 Å². The Hall–Kier alpha value is -2.10. The first-order chi connectivity index (χ1) is 11.2. The first-order valence-corrected chi connectivity index (χ1v) is 8.46. The van der Waals surface area contributed by atoms with E-state index in [-0.39, 0.29) is 23.1 Å². The van der Waals surface area contributed by atoms with Gasteiger partial charge in [-0.3, -0.25) is 9.59 Å².